The fourth-order valence-corrected chi connectivity index (χ4v) is 2.64. The fourth-order valence-electron chi connectivity index (χ4n) is 2.64. The molecule has 0 radical (unpaired) electrons. The van der Waals surface area contributed by atoms with Crippen LogP contribution in [0.15, 0.2) is 0 Å². The van der Waals surface area contributed by atoms with Gasteiger partial charge in [0, 0.05) is 19.2 Å². The Morgan fingerprint density at radius 2 is 2.11 bits per heavy atom. The maximum Gasteiger partial charge on any atom is 0.411 e. The summed E-state index contributed by atoms with van der Waals surface area (Å²) in [5.74, 6) is 0. The van der Waals surface area contributed by atoms with Gasteiger partial charge < -0.3 is 14.8 Å². The quantitative estimate of drug-likeness (QED) is 0.775. The van der Waals surface area contributed by atoms with Crippen LogP contribution in [0.25, 0.3) is 0 Å². The van der Waals surface area contributed by atoms with Crippen molar-refractivity contribution >= 4 is 0 Å². The molecule has 3 nitrogen and oxygen atoms in total. The maximum atomic E-state index is 11.8. The van der Waals surface area contributed by atoms with Crippen molar-refractivity contribution in [1.29, 1.82) is 0 Å². The lowest BCUT2D eigenvalue weighted by molar-refractivity contribution is -0.173. The third kappa shape index (κ3) is 4.10. The summed E-state index contributed by atoms with van der Waals surface area (Å²) in [6.45, 7) is 0.161. The zero-order valence-corrected chi connectivity index (χ0v) is 10.4. The van der Waals surface area contributed by atoms with E-state index in [0.29, 0.717) is 12.6 Å². The molecule has 1 unspecified atom stereocenters. The van der Waals surface area contributed by atoms with Gasteiger partial charge in [-0.15, -0.1) is 0 Å². The van der Waals surface area contributed by atoms with Crippen molar-refractivity contribution in [2.24, 2.45) is 0 Å². The van der Waals surface area contributed by atoms with E-state index in [2.05, 4.69) is 10.1 Å². The van der Waals surface area contributed by atoms with E-state index in [1.165, 1.54) is 6.42 Å². The van der Waals surface area contributed by atoms with Crippen LogP contribution in [0.1, 0.15) is 32.1 Å². The van der Waals surface area contributed by atoms with Gasteiger partial charge in [0.25, 0.3) is 0 Å². The predicted molar refractivity (Wildman–Crippen MR) is 60.4 cm³/mol. The molecule has 1 atom stereocenters. The Hall–Kier alpha value is -0.330. The van der Waals surface area contributed by atoms with Gasteiger partial charge in [0.2, 0.25) is 0 Å². The number of hydrogen-bond acceptors (Lipinski definition) is 3. The Morgan fingerprint density at radius 1 is 1.33 bits per heavy atom. The number of rotatable bonds is 5. The molecule has 0 amide bonds. The van der Waals surface area contributed by atoms with Crippen molar-refractivity contribution in [1.82, 2.24) is 5.32 Å². The van der Waals surface area contributed by atoms with E-state index in [9.17, 15) is 13.2 Å². The van der Waals surface area contributed by atoms with Gasteiger partial charge in [0.15, 0.2) is 0 Å². The second kappa shape index (κ2) is 5.75. The minimum atomic E-state index is -4.23. The van der Waals surface area contributed by atoms with Crippen LogP contribution in [-0.4, -0.2) is 44.2 Å². The Bertz CT molecular complexity index is 267. The van der Waals surface area contributed by atoms with Crippen LogP contribution in [-0.2, 0) is 9.47 Å². The summed E-state index contributed by atoms with van der Waals surface area (Å²) in [5.41, 5.74) is 0.0722. The van der Waals surface area contributed by atoms with Crippen molar-refractivity contribution < 1.29 is 22.6 Å². The molecule has 0 bridgehead atoms. The second-order valence-electron chi connectivity index (χ2n) is 5.20. The lowest BCUT2D eigenvalue weighted by Gasteiger charge is -2.47. The van der Waals surface area contributed by atoms with Gasteiger partial charge in [-0.1, -0.05) is 0 Å². The van der Waals surface area contributed by atoms with E-state index in [4.69, 9.17) is 4.74 Å². The highest BCUT2D eigenvalue weighted by Crippen LogP contribution is 2.42. The number of halogens is 3. The van der Waals surface area contributed by atoms with Gasteiger partial charge in [-0.2, -0.15) is 13.2 Å². The highest BCUT2D eigenvalue weighted by Gasteiger charge is 2.42. The molecule has 1 saturated carbocycles. The summed E-state index contributed by atoms with van der Waals surface area (Å²) in [6.07, 6.45) is 1.15. The summed E-state index contributed by atoms with van der Waals surface area (Å²) < 4.78 is 45.8. The summed E-state index contributed by atoms with van der Waals surface area (Å²) in [7, 11) is 0. The van der Waals surface area contributed by atoms with Gasteiger partial charge in [-0.3, -0.25) is 0 Å². The second-order valence-corrected chi connectivity index (χ2v) is 5.20. The van der Waals surface area contributed by atoms with E-state index in [1.807, 2.05) is 0 Å². The van der Waals surface area contributed by atoms with E-state index in [1.54, 1.807) is 0 Å². The normalized spacial score (nSPS) is 27.2. The summed E-state index contributed by atoms with van der Waals surface area (Å²) in [4.78, 5) is 0. The average Bonchev–Trinajstić information content (AvgIpc) is 2.25. The molecule has 2 fully saturated rings. The third-order valence-electron chi connectivity index (χ3n) is 3.70. The predicted octanol–water partition coefficient (Wildman–Crippen LogP) is 2.26. The monoisotopic (exact) mass is 267 g/mol. The molecule has 0 aromatic rings. The first-order valence-electron chi connectivity index (χ1n) is 6.51. The van der Waals surface area contributed by atoms with Crippen molar-refractivity contribution in [2.45, 2.75) is 49.9 Å². The topological polar surface area (TPSA) is 30.5 Å². The van der Waals surface area contributed by atoms with Crippen LogP contribution in [0, 0.1) is 0 Å². The fraction of sp³-hybridized carbons (Fsp3) is 1.00. The van der Waals surface area contributed by atoms with Crippen molar-refractivity contribution in [3.05, 3.63) is 0 Å². The number of nitrogens with one attached hydrogen (secondary N) is 1. The highest BCUT2D eigenvalue weighted by atomic mass is 19.4. The Morgan fingerprint density at radius 3 is 2.72 bits per heavy atom. The molecule has 1 heterocycles. The molecular formula is C12H20F3NO2. The number of hydrogen-bond donors (Lipinski definition) is 1. The van der Waals surface area contributed by atoms with Crippen molar-refractivity contribution in [2.75, 3.05) is 26.4 Å². The lowest BCUT2D eigenvalue weighted by atomic mass is 9.74. The smallest absolute Gasteiger partial charge is 0.375 e. The Balaban J connectivity index is 1.56. The molecule has 0 aromatic heterocycles. The molecule has 106 valence electrons. The lowest BCUT2D eigenvalue weighted by Crippen LogP contribution is -2.51. The van der Waals surface area contributed by atoms with E-state index in [-0.39, 0.29) is 12.2 Å². The SMILES string of the molecule is FC(F)(F)COCCNC1CCOC2(CCC2)C1. The summed E-state index contributed by atoms with van der Waals surface area (Å²) in [5, 5.41) is 3.26. The van der Waals surface area contributed by atoms with Gasteiger partial charge >= 0.3 is 6.18 Å². The molecule has 2 aliphatic rings. The van der Waals surface area contributed by atoms with Crippen LogP contribution in [0.3, 0.4) is 0 Å². The highest BCUT2D eigenvalue weighted by molar-refractivity contribution is 4.95. The van der Waals surface area contributed by atoms with E-state index < -0.39 is 12.8 Å². The molecule has 1 spiro atoms. The van der Waals surface area contributed by atoms with Crippen molar-refractivity contribution in [3.8, 4) is 0 Å². The minimum Gasteiger partial charge on any atom is -0.375 e. The largest absolute Gasteiger partial charge is 0.411 e. The first-order valence-corrected chi connectivity index (χ1v) is 6.51. The minimum absolute atomic E-state index is 0.0722. The van der Waals surface area contributed by atoms with Crippen LogP contribution >= 0.6 is 0 Å². The molecule has 2 rings (SSSR count). The Labute approximate surface area is 105 Å². The van der Waals surface area contributed by atoms with E-state index in [0.717, 1.165) is 32.3 Å². The van der Waals surface area contributed by atoms with Gasteiger partial charge in [-0.05, 0) is 32.1 Å². The summed E-state index contributed by atoms with van der Waals surface area (Å²) in [6, 6.07) is 0.355. The zero-order valence-electron chi connectivity index (χ0n) is 10.4. The molecule has 1 N–H and O–H groups in total. The third-order valence-corrected chi connectivity index (χ3v) is 3.70. The van der Waals surface area contributed by atoms with Crippen LogP contribution in [0.2, 0.25) is 0 Å². The molecular weight excluding hydrogens is 247 g/mol. The first kappa shape index (κ1) is 14.1. The average molecular weight is 267 g/mol. The zero-order chi connectivity index (χ0) is 13.1. The van der Waals surface area contributed by atoms with Gasteiger partial charge in [0.05, 0.1) is 12.2 Å². The van der Waals surface area contributed by atoms with Crippen LogP contribution in [0.5, 0.6) is 0 Å². The number of ether oxygens (including phenoxy) is 2. The molecule has 18 heavy (non-hydrogen) atoms. The van der Waals surface area contributed by atoms with Crippen LogP contribution < -0.4 is 5.32 Å². The van der Waals surface area contributed by atoms with Gasteiger partial charge in [-0.25, -0.2) is 0 Å². The van der Waals surface area contributed by atoms with E-state index >= 15 is 0 Å². The molecule has 0 aromatic carbocycles. The summed E-state index contributed by atoms with van der Waals surface area (Å²) >= 11 is 0. The maximum absolute atomic E-state index is 11.8. The number of alkyl halides is 3. The van der Waals surface area contributed by atoms with Crippen LogP contribution in [0.4, 0.5) is 13.2 Å². The molecule has 1 aliphatic heterocycles. The standard InChI is InChI=1S/C12H20F3NO2/c13-12(14,15)9-17-7-5-16-10-2-6-18-11(8-10)3-1-4-11/h10,16H,1-9H2. The molecule has 1 saturated heterocycles. The first-order chi connectivity index (χ1) is 8.49. The Kier molecular flexibility index (Phi) is 4.50. The molecule has 1 aliphatic carbocycles. The van der Waals surface area contributed by atoms with Gasteiger partial charge in [0.1, 0.15) is 6.61 Å². The molecule has 6 heteroatoms. The van der Waals surface area contributed by atoms with Crippen molar-refractivity contribution in [3.63, 3.8) is 0 Å².